The van der Waals surface area contributed by atoms with Crippen LogP contribution in [0.25, 0.3) is 0 Å². The third kappa shape index (κ3) is 5.45. The molecule has 0 radical (unpaired) electrons. The molecule has 6 heteroatoms. The van der Waals surface area contributed by atoms with Gasteiger partial charge in [-0.25, -0.2) is 0 Å². The van der Waals surface area contributed by atoms with Crippen molar-refractivity contribution in [2.75, 3.05) is 13.1 Å². The lowest BCUT2D eigenvalue weighted by Gasteiger charge is -2.43. The van der Waals surface area contributed by atoms with Gasteiger partial charge in [-0.05, 0) is 55.2 Å². The maximum Gasteiger partial charge on any atom is 0.317 e. The zero-order valence-electron chi connectivity index (χ0n) is 16.0. The molecule has 2 fully saturated rings. The minimum atomic E-state index is -0.774. The lowest BCUT2D eigenvalue weighted by atomic mass is 9.83. The van der Waals surface area contributed by atoms with Crippen molar-refractivity contribution >= 4 is 23.5 Å². The first-order valence-electron chi connectivity index (χ1n) is 9.85. The second-order valence-corrected chi connectivity index (χ2v) is 8.81. The van der Waals surface area contributed by atoms with Gasteiger partial charge in [0.25, 0.3) is 0 Å². The minimum absolute atomic E-state index is 0.0303. The van der Waals surface area contributed by atoms with Crippen LogP contribution in [0.4, 0.5) is 0 Å². The largest absolute Gasteiger partial charge is 0.480 e. The molecule has 27 heavy (non-hydrogen) atoms. The second kappa shape index (κ2) is 8.61. The van der Waals surface area contributed by atoms with Crippen LogP contribution in [0.1, 0.15) is 51.0 Å². The molecule has 1 aromatic carbocycles. The van der Waals surface area contributed by atoms with Crippen LogP contribution in [-0.2, 0) is 9.59 Å². The van der Waals surface area contributed by atoms with Gasteiger partial charge >= 0.3 is 5.97 Å². The summed E-state index contributed by atoms with van der Waals surface area (Å²) in [4.78, 5) is 26.1. The molecule has 0 heterocycles. The number of nitrogens with zero attached hydrogens (tertiary/aromatic N) is 1. The first kappa shape index (κ1) is 20.2. The molecule has 5 nitrogen and oxygen atoms in total. The number of carbonyl (C=O) groups excluding carboxylic acids is 1. The molecular weight excluding hydrogens is 364 g/mol. The highest BCUT2D eigenvalue weighted by molar-refractivity contribution is 6.30. The van der Waals surface area contributed by atoms with Gasteiger partial charge < -0.3 is 10.4 Å². The summed E-state index contributed by atoms with van der Waals surface area (Å²) in [5.41, 5.74) is 0.937. The van der Waals surface area contributed by atoms with Crippen molar-refractivity contribution in [1.29, 1.82) is 0 Å². The van der Waals surface area contributed by atoms with Crippen molar-refractivity contribution in [2.45, 2.75) is 57.5 Å². The van der Waals surface area contributed by atoms with Crippen LogP contribution < -0.4 is 5.32 Å². The summed E-state index contributed by atoms with van der Waals surface area (Å²) in [5.74, 6) is -0.153. The molecule has 0 aromatic heterocycles. The van der Waals surface area contributed by atoms with Gasteiger partial charge in [-0.2, -0.15) is 0 Å². The van der Waals surface area contributed by atoms with Crippen molar-refractivity contribution in [3.63, 3.8) is 0 Å². The second-order valence-electron chi connectivity index (χ2n) is 8.37. The van der Waals surface area contributed by atoms with Crippen LogP contribution in [0.5, 0.6) is 0 Å². The highest BCUT2D eigenvalue weighted by Gasteiger charge is 2.38. The number of aliphatic carboxylic acids is 1. The first-order chi connectivity index (χ1) is 12.8. The number of halogens is 1. The molecule has 0 spiro atoms. The third-order valence-corrected chi connectivity index (χ3v) is 5.90. The summed E-state index contributed by atoms with van der Waals surface area (Å²) in [6.45, 7) is 5.05. The number of nitrogens with one attached hydrogen (secondary N) is 1. The molecule has 1 aromatic rings. The fourth-order valence-corrected chi connectivity index (χ4v) is 4.18. The summed E-state index contributed by atoms with van der Waals surface area (Å²) in [7, 11) is 0. The van der Waals surface area contributed by atoms with Crippen LogP contribution in [0.2, 0.25) is 5.02 Å². The molecule has 0 aliphatic heterocycles. The van der Waals surface area contributed by atoms with Crippen molar-refractivity contribution in [2.24, 2.45) is 11.8 Å². The van der Waals surface area contributed by atoms with E-state index in [9.17, 15) is 9.59 Å². The molecule has 2 N–H and O–H groups in total. The van der Waals surface area contributed by atoms with E-state index in [2.05, 4.69) is 10.2 Å². The zero-order valence-corrected chi connectivity index (χ0v) is 16.8. The van der Waals surface area contributed by atoms with E-state index in [1.165, 1.54) is 12.8 Å². The average molecular weight is 393 g/mol. The maximum atomic E-state index is 12.9. The number of benzene rings is 1. The molecular formula is C21H29ClN2O3. The van der Waals surface area contributed by atoms with E-state index < -0.39 is 5.97 Å². The predicted molar refractivity (Wildman–Crippen MR) is 106 cm³/mol. The molecule has 0 bridgehead atoms. The molecule has 148 valence electrons. The fourth-order valence-electron chi connectivity index (χ4n) is 3.98. The number of carbonyl (C=O) groups is 2. The Labute approximate surface area is 166 Å². The number of hydrogen-bond acceptors (Lipinski definition) is 3. The summed E-state index contributed by atoms with van der Waals surface area (Å²) < 4.78 is 0. The van der Waals surface area contributed by atoms with Gasteiger partial charge in [0.05, 0.1) is 12.5 Å². The van der Waals surface area contributed by atoms with Gasteiger partial charge in [-0.3, -0.25) is 14.5 Å². The van der Waals surface area contributed by atoms with Crippen molar-refractivity contribution in [3.05, 3.63) is 34.9 Å². The van der Waals surface area contributed by atoms with Crippen LogP contribution in [-0.4, -0.2) is 47.1 Å². The molecule has 1 amide bonds. The molecule has 3 rings (SSSR count). The first-order valence-corrected chi connectivity index (χ1v) is 10.2. The molecule has 2 aliphatic carbocycles. The summed E-state index contributed by atoms with van der Waals surface area (Å²) >= 11 is 6.10. The van der Waals surface area contributed by atoms with Gasteiger partial charge in [0.1, 0.15) is 0 Å². The van der Waals surface area contributed by atoms with E-state index in [1.54, 1.807) is 0 Å². The number of rotatable bonds is 9. The molecule has 0 saturated heterocycles. The van der Waals surface area contributed by atoms with Crippen LogP contribution in [0.3, 0.4) is 0 Å². The van der Waals surface area contributed by atoms with Crippen LogP contribution in [0, 0.1) is 11.8 Å². The average Bonchev–Trinajstić information content (AvgIpc) is 3.33. The highest BCUT2D eigenvalue weighted by Crippen LogP contribution is 2.34. The van der Waals surface area contributed by atoms with Gasteiger partial charge in [0.2, 0.25) is 5.91 Å². The van der Waals surface area contributed by atoms with Gasteiger partial charge in [-0.15, -0.1) is 0 Å². The Balaban J connectivity index is 1.55. The monoisotopic (exact) mass is 392 g/mol. The van der Waals surface area contributed by atoms with Crippen molar-refractivity contribution < 1.29 is 14.7 Å². The number of amides is 1. The number of carboxylic acids is 1. The molecule has 2 saturated carbocycles. The Kier molecular flexibility index (Phi) is 6.43. The lowest BCUT2D eigenvalue weighted by molar-refractivity contribution is -0.140. The number of carboxylic acid groups (broad SMARTS) is 1. The van der Waals surface area contributed by atoms with E-state index in [1.807, 2.05) is 38.1 Å². The highest BCUT2D eigenvalue weighted by atomic mass is 35.5. The van der Waals surface area contributed by atoms with E-state index in [0.29, 0.717) is 10.9 Å². The molecule has 2 aliphatic rings. The predicted octanol–water partition coefficient (Wildman–Crippen LogP) is 3.52. The van der Waals surface area contributed by atoms with E-state index in [-0.39, 0.29) is 36.4 Å². The van der Waals surface area contributed by atoms with Crippen molar-refractivity contribution in [1.82, 2.24) is 10.2 Å². The summed E-state index contributed by atoms with van der Waals surface area (Å²) in [5, 5.41) is 13.0. The van der Waals surface area contributed by atoms with Gasteiger partial charge in [-0.1, -0.05) is 37.6 Å². The standard InChI is InChI=1S/C21H29ClN2O3/c1-13(2)20(15-4-3-5-16(22)8-15)21(27)23-17-9-18(10-17)24(12-19(25)26)11-14-6-7-14/h3-5,8,13-14,17-18,20H,6-7,9-12H2,1-2H3,(H,23,27)(H,25,26). The molecule has 1 atom stereocenters. The number of hydrogen-bond donors (Lipinski definition) is 2. The maximum absolute atomic E-state index is 12.9. The summed E-state index contributed by atoms with van der Waals surface area (Å²) in [6.07, 6.45) is 4.07. The SMILES string of the molecule is CC(C)C(C(=O)NC1CC(N(CC(=O)O)CC2CC2)C1)c1cccc(Cl)c1. The Hall–Kier alpha value is -1.59. The Bertz CT molecular complexity index is 684. The van der Waals surface area contributed by atoms with Crippen LogP contribution in [0.15, 0.2) is 24.3 Å². The van der Waals surface area contributed by atoms with Gasteiger partial charge in [0, 0.05) is 23.7 Å². The Morgan fingerprint density at radius 1 is 1.30 bits per heavy atom. The zero-order chi connectivity index (χ0) is 19.6. The fraction of sp³-hybridized carbons (Fsp3) is 0.619. The minimum Gasteiger partial charge on any atom is -0.480 e. The van der Waals surface area contributed by atoms with Crippen LogP contribution >= 0.6 is 11.6 Å². The van der Waals surface area contributed by atoms with E-state index >= 15 is 0 Å². The smallest absolute Gasteiger partial charge is 0.317 e. The normalized spacial score (nSPS) is 23.1. The molecule has 1 unspecified atom stereocenters. The summed E-state index contributed by atoms with van der Waals surface area (Å²) in [6, 6.07) is 7.88. The van der Waals surface area contributed by atoms with E-state index in [4.69, 9.17) is 16.7 Å². The lowest BCUT2D eigenvalue weighted by Crippen LogP contribution is -2.56. The Morgan fingerprint density at radius 3 is 2.56 bits per heavy atom. The van der Waals surface area contributed by atoms with Crippen molar-refractivity contribution in [3.8, 4) is 0 Å². The van der Waals surface area contributed by atoms with E-state index in [0.717, 1.165) is 24.9 Å². The topological polar surface area (TPSA) is 69.6 Å². The van der Waals surface area contributed by atoms with Gasteiger partial charge in [0.15, 0.2) is 0 Å². The quantitative estimate of drug-likeness (QED) is 0.674. The third-order valence-electron chi connectivity index (χ3n) is 5.66. The Morgan fingerprint density at radius 2 is 2.00 bits per heavy atom.